The second-order valence-corrected chi connectivity index (χ2v) is 6.92. The molecule has 0 aliphatic carbocycles. The van der Waals surface area contributed by atoms with Crippen molar-refractivity contribution in [3.63, 3.8) is 0 Å². The maximum absolute atomic E-state index is 12.2. The molecule has 0 atom stereocenters. The molecule has 0 unspecified atom stereocenters. The van der Waals surface area contributed by atoms with E-state index in [0.717, 1.165) is 15.9 Å². The van der Waals surface area contributed by atoms with Gasteiger partial charge in [0.2, 0.25) is 5.91 Å². The van der Waals surface area contributed by atoms with Gasteiger partial charge in [-0.2, -0.15) is 10.2 Å². The van der Waals surface area contributed by atoms with Crippen LogP contribution < -0.4 is 10.1 Å². The zero-order valence-corrected chi connectivity index (χ0v) is 16.6. The van der Waals surface area contributed by atoms with E-state index in [9.17, 15) is 4.79 Å². The second-order valence-electron chi connectivity index (χ2n) is 5.69. The number of aromatic nitrogens is 4. The van der Waals surface area contributed by atoms with Crippen LogP contribution in [0.3, 0.4) is 0 Å². The van der Waals surface area contributed by atoms with Crippen LogP contribution in [0.5, 0.6) is 5.75 Å². The molecule has 7 nitrogen and oxygen atoms in total. The smallest absolute Gasteiger partial charge is 0.246 e. The highest BCUT2D eigenvalue weighted by Gasteiger charge is 2.12. The van der Waals surface area contributed by atoms with E-state index in [1.165, 1.54) is 0 Å². The van der Waals surface area contributed by atoms with E-state index in [4.69, 9.17) is 16.3 Å². The summed E-state index contributed by atoms with van der Waals surface area (Å²) in [5.74, 6) is 0.465. The lowest BCUT2D eigenvalue weighted by Gasteiger charge is -2.06. The van der Waals surface area contributed by atoms with Gasteiger partial charge in [0.15, 0.2) is 6.73 Å². The van der Waals surface area contributed by atoms with Crippen LogP contribution in [0.15, 0.2) is 41.1 Å². The summed E-state index contributed by atoms with van der Waals surface area (Å²) in [7, 11) is 0. The van der Waals surface area contributed by atoms with Crippen molar-refractivity contribution in [3.8, 4) is 5.75 Å². The molecule has 1 aromatic carbocycles. The molecule has 0 aliphatic heterocycles. The van der Waals surface area contributed by atoms with E-state index >= 15 is 0 Å². The van der Waals surface area contributed by atoms with Crippen LogP contribution in [0.2, 0.25) is 5.02 Å². The molecule has 0 fully saturated rings. The number of hydrogen-bond donors (Lipinski definition) is 1. The third-order valence-electron chi connectivity index (χ3n) is 3.66. The van der Waals surface area contributed by atoms with Crippen LogP contribution in [-0.4, -0.2) is 25.5 Å². The van der Waals surface area contributed by atoms with Crippen LogP contribution in [0.4, 0.5) is 5.69 Å². The Kier molecular flexibility index (Phi) is 5.63. The monoisotopic (exact) mass is 437 g/mol. The first kappa shape index (κ1) is 18.5. The number of ether oxygens (including phenoxy) is 1. The predicted molar refractivity (Wildman–Crippen MR) is 102 cm³/mol. The van der Waals surface area contributed by atoms with Gasteiger partial charge in [-0.1, -0.05) is 17.7 Å². The second kappa shape index (κ2) is 7.92. The van der Waals surface area contributed by atoms with E-state index in [-0.39, 0.29) is 19.2 Å². The Balaban J connectivity index is 1.56. The number of anilines is 1. The lowest BCUT2D eigenvalue weighted by atomic mass is 10.3. The number of halogens is 2. The third-order valence-corrected chi connectivity index (χ3v) is 5.05. The van der Waals surface area contributed by atoms with E-state index < -0.39 is 0 Å². The molecule has 0 spiro atoms. The van der Waals surface area contributed by atoms with Gasteiger partial charge in [0, 0.05) is 5.02 Å². The van der Waals surface area contributed by atoms with Crippen molar-refractivity contribution in [1.29, 1.82) is 0 Å². The summed E-state index contributed by atoms with van der Waals surface area (Å²) in [4.78, 5) is 12.2. The number of carbonyl (C=O) groups excluding carboxylic acids is 1. The zero-order chi connectivity index (χ0) is 18.7. The van der Waals surface area contributed by atoms with Crippen molar-refractivity contribution < 1.29 is 9.53 Å². The average molecular weight is 439 g/mol. The molecule has 0 bridgehead atoms. The number of rotatable bonds is 6. The fourth-order valence-corrected chi connectivity index (χ4v) is 2.83. The summed E-state index contributed by atoms with van der Waals surface area (Å²) >= 11 is 9.37. The van der Waals surface area contributed by atoms with Gasteiger partial charge < -0.3 is 10.1 Å². The molecule has 0 saturated heterocycles. The van der Waals surface area contributed by atoms with E-state index in [2.05, 4.69) is 31.4 Å². The van der Waals surface area contributed by atoms with Gasteiger partial charge >= 0.3 is 0 Å². The highest BCUT2D eigenvalue weighted by Crippen LogP contribution is 2.20. The van der Waals surface area contributed by atoms with Crippen molar-refractivity contribution in [1.82, 2.24) is 19.6 Å². The van der Waals surface area contributed by atoms with Crippen LogP contribution >= 0.6 is 27.5 Å². The normalized spacial score (nSPS) is 10.8. The molecule has 136 valence electrons. The first-order valence-corrected chi connectivity index (χ1v) is 8.99. The zero-order valence-electron chi connectivity index (χ0n) is 14.2. The molecule has 1 amide bonds. The SMILES string of the molecule is Cc1nn(CC(=O)Nc2cnn(COc3cccc(Cl)c3)c2)c(C)c1Br. The molecule has 3 rings (SSSR count). The van der Waals surface area contributed by atoms with Gasteiger partial charge in [0.25, 0.3) is 0 Å². The van der Waals surface area contributed by atoms with Crippen LogP contribution in [0, 0.1) is 13.8 Å². The fourth-order valence-electron chi connectivity index (χ4n) is 2.36. The molecule has 2 aromatic heterocycles. The van der Waals surface area contributed by atoms with Gasteiger partial charge in [0.1, 0.15) is 12.3 Å². The summed E-state index contributed by atoms with van der Waals surface area (Å²) in [5, 5.41) is 11.9. The minimum absolute atomic E-state index is 0.127. The van der Waals surface area contributed by atoms with Gasteiger partial charge in [-0.3, -0.25) is 9.48 Å². The Morgan fingerprint density at radius 1 is 1.38 bits per heavy atom. The lowest BCUT2D eigenvalue weighted by Crippen LogP contribution is -2.20. The quantitative estimate of drug-likeness (QED) is 0.635. The maximum atomic E-state index is 12.2. The minimum Gasteiger partial charge on any atom is -0.471 e. The maximum Gasteiger partial charge on any atom is 0.246 e. The van der Waals surface area contributed by atoms with Gasteiger partial charge in [-0.25, -0.2) is 4.68 Å². The number of carbonyl (C=O) groups is 1. The lowest BCUT2D eigenvalue weighted by molar-refractivity contribution is -0.116. The van der Waals surface area contributed by atoms with E-state index in [1.54, 1.807) is 33.9 Å². The number of nitrogens with zero attached hydrogens (tertiary/aromatic N) is 4. The Hall–Kier alpha value is -2.32. The molecule has 3 aromatic rings. The number of hydrogen-bond acceptors (Lipinski definition) is 4. The van der Waals surface area contributed by atoms with E-state index in [1.807, 2.05) is 26.0 Å². The number of nitrogens with one attached hydrogen (secondary N) is 1. The standard InChI is InChI=1S/C17H17BrClN5O2/c1-11-17(18)12(2)24(22-11)9-16(25)21-14-7-20-23(8-14)10-26-15-5-3-4-13(19)6-15/h3-8H,9-10H2,1-2H3,(H,21,25). The van der Waals surface area contributed by atoms with Gasteiger partial charge in [-0.05, 0) is 48.0 Å². The minimum atomic E-state index is -0.182. The van der Waals surface area contributed by atoms with Crippen molar-refractivity contribution >= 4 is 39.1 Å². The molecule has 0 radical (unpaired) electrons. The Morgan fingerprint density at radius 3 is 2.88 bits per heavy atom. The molecule has 0 aliphatic rings. The summed E-state index contributed by atoms with van der Waals surface area (Å²) < 4.78 is 9.75. The van der Waals surface area contributed by atoms with Crippen molar-refractivity contribution in [2.24, 2.45) is 0 Å². The Morgan fingerprint density at radius 2 is 2.19 bits per heavy atom. The summed E-state index contributed by atoms with van der Waals surface area (Å²) in [6.07, 6.45) is 3.26. The van der Waals surface area contributed by atoms with Crippen LogP contribution in [0.25, 0.3) is 0 Å². The predicted octanol–water partition coefficient (Wildman–Crippen LogP) is 3.79. The van der Waals surface area contributed by atoms with Crippen molar-refractivity contribution in [3.05, 3.63) is 57.5 Å². The number of benzene rings is 1. The van der Waals surface area contributed by atoms with Gasteiger partial charge in [-0.15, -0.1) is 0 Å². The highest BCUT2D eigenvalue weighted by atomic mass is 79.9. The summed E-state index contributed by atoms with van der Waals surface area (Å²) in [5.41, 5.74) is 2.34. The van der Waals surface area contributed by atoms with Crippen LogP contribution in [0.1, 0.15) is 11.4 Å². The third kappa shape index (κ3) is 4.44. The molecule has 1 N–H and O–H groups in total. The van der Waals surface area contributed by atoms with E-state index in [0.29, 0.717) is 16.5 Å². The van der Waals surface area contributed by atoms with Crippen molar-refractivity contribution in [2.75, 3.05) is 5.32 Å². The summed E-state index contributed by atoms with van der Waals surface area (Å²) in [6, 6.07) is 7.12. The fraction of sp³-hybridized carbons (Fsp3) is 0.235. The topological polar surface area (TPSA) is 74.0 Å². The van der Waals surface area contributed by atoms with Crippen molar-refractivity contribution in [2.45, 2.75) is 27.1 Å². The molecular formula is C17H17BrClN5O2. The molecule has 26 heavy (non-hydrogen) atoms. The number of aryl methyl sites for hydroxylation is 1. The Labute approximate surface area is 164 Å². The Bertz CT molecular complexity index is 937. The largest absolute Gasteiger partial charge is 0.471 e. The van der Waals surface area contributed by atoms with Gasteiger partial charge in [0.05, 0.1) is 33.9 Å². The molecule has 0 saturated carbocycles. The summed E-state index contributed by atoms with van der Waals surface area (Å²) in [6.45, 7) is 4.13. The number of amides is 1. The molecular weight excluding hydrogens is 422 g/mol. The molecule has 9 heteroatoms. The highest BCUT2D eigenvalue weighted by molar-refractivity contribution is 9.10. The average Bonchev–Trinajstić information content (AvgIpc) is 3.13. The first-order valence-electron chi connectivity index (χ1n) is 7.82. The first-order chi connectivity index (χ1) is 12.4. The van der Waals surface area contributed by atoms with Crippen LogP contribution in [-0.2, 0) is 18.1 Å². The molecule has 2 heterocycles.